The second-order valence-corrected chi connectivity index (χ2v) is 5.99. The van der Waals surface area contributed by atoms with Gasteiger partial charge >= 0.3 is 0 Å². The lowest BCUT2D eigenvalue weighted by Crippen LogP contribution is -2.25. The largest absolute Gasteiger partial charge is 0.391 e. The fraction of sp³-hybridized carbons (Fsp3) is 0.278. The predicted molar refractivity (Wildman–Crippen MR) is 90.3 cm³/mol. The van der Waals surface area contributed by atoms with E-state index in [0.29, 0.717) is 24.2 Å². The van der Waals surface area contributed by atoms with Crippen molar-refractivity contribution in [1.29, 1.82) is 0 Å². The second kappa shape index (κ2) is 6.41. The number of nitrogens with zero attached hydrogens (tertiary/aromatic N) is 2. The van der Waals surface area contributed by atoms with Gasteiger partial charge in [-0.2, -0.15) is 0 Å². The zero-order valence-electron chi connectivity index (χ0n) is 13.3. The Morgan fingerprint density at radius 1 is 1.25 bits per heavy atom. The minimum absolute atomic E-state index is 0.113. The summed E-state index contributed by atoms with van der Waals surface area (Å²) in [6.07, 6.45) is -0.0439. The van der Waals surface area contributed by atoms with Crippen molar-refractivity contribution in [2.45, 2.75) is 25.5 Å². The summed E-state index contributed by atoms with van der Waals surface area (Å²) in [5.41, 5.74) is 1.62. The Kier molecular flexibility index (Phi) is 4.31. The van der Waals surface area contributed by atoms with E-state index in [1.165, 1.54) is 13.0 Å². The Balaban J connectivity index is 2.06. The maximum absolute atomic E-state index is 11.5. The fourth-order valence-corrected chi connectivity index (χ4v) is 3.20. The van der Waals surface area contributed by atoms with E-state index in [0.717, 1.165) is 5.56 Å². The zero-order chi connectivity index (χ0) is 17.3. The average Bonchev–Trinajstić information content (AvgIpc) is 2.96. The van der Waals surface area contributed by atoms with Crippen LogP contribution in [0.2, 0.25) is 0 Å². The number of Topliss-reactive ketones (excluding diaryl/α,β-unsaturated/α-hetero) is 1. The molecule has 1 N–H and O–H groups in total. The first-order valence-electron chi connectivity index (χ1n) is 7.76. The number of aliphatic hydroxyl groups excluding tert-OH is 1. The Labute approximate surface area is 139 Å². The molecule has 1 aliphatic rings. The van der Waals surface area contributed by atoms with Crippen molar-refractivity contribution >= 4 is 17.2 Å². The Hall–Kier alpha value is -2.73. The standard InChI is InChI=1S/C18H18N2O4/c1-12(21)14-7-8-16(18(9-14)20(23)24)19-11-15(22)10-17(19)13-5-3-2-4-6-13/h2-9,15,17,22H,10-11H2,1H3/t15-,17-/m1/s1. The SMILES string of the molecule is CC(=O)c1ccc(N2C[C@H](O)C[C@@H]2c2ccccc2)c([N+](=O)[O-])c1. The number of carbonyl (C=O) groups is 1. The van der Waals surface area contributed by atoms with Crippen LogP contribution in [-0.2, 0) is 0 Å². The highest BCUT2D eigenvalue weighted by molar-refractivity contribution is 5.95. The number of hydrogen-bond donors (Lipinski definition) is 1. The van der Waals surface area contributed by atoms with E-state index < -0.39 is 11.0 Å². The van der Waals surface area contributed by atoms with Gasteiger partial charge in [0.25, 0.3) is 5.69 Å². The molecule has 1 saturated heterocycles. The number of rotatable bonds is 4. The molecule has 24 heavy (non-hydrogen) atoms. The third-order valence-corrected chi connectivity index (χ3v) is 4.35. The van der Waals surface area contributed by atoms with Gasteiger partial charge in [-0.3, -0.25) is 14.9 Å². The van der Waals surface area contributed by atoms with Crippen LogP contribution < -0.4 is 4.90 Å². The number of carbonyl (C=O) groups excluding carboxylic acids is 1. The van der Waals surface area contributed by atoms with Gasteiger partial charge in [-0.1, -0.05) is 30.3 Å². The molecule has 0 unspecified atom stereocenters. The molecule has 0 spiro atoms. The second-order valence-electron chi connectivity index (χ2n) is 5.99. The van der Waals surface area contributed by atoms with E-state index >= 15 is 0 Å². The minimum atomic E-state index is -0.553. The summed E-state index contributed by atoms with van der Waals surface area (Å²) in [7, 11) is 0. The van der Waals surface area contributed by atoms with Gasteiger partial charge in [-0.05, 0) is 31.0 Å². The van der Waals surface area contributed by atoms with Gasteiger partial charge in [0.1, 0.15) is 5.69 Å². The molecule has 0 aromatic heterocycles. The number of ketones is 1. The van der Waals surface area contributed by atoms with Gasteiger partial charge in [-0.25, -0.2) is 0 Å². The highest BCUT2D eigenvalue weighted by Crippen LogP contribution is 2.40. The van der Waals surface area contributed by atoms with Crippen LogP contribution in [0.4, 0.5) is 11.4 Å². The van der Waals surface area contributed by atoms with Crippen molar-refractivity contribution in [1.82, 2.24) is 0 Å². The lowest BCUT2D eigenvalue weighted by atomic mass is 10.0. The van der Waals surface area contributed by atoms with E-state index in [4.69, 9.17) is 0 Å². The van der Waals surface area contributed by atoms with Crippen molar-refractivity contribution in [3.05, 3.63) is 69.8 Å². The van der Waals surface area contributed by atoms with Gasteiger partial charge in [0, 0.05) is 18.2 Å². The Morgan fingerprint density at radius 2 is 1.96 bits per heavy atom. The first-order chi connectivity index (χ1) is 11.5. The first kappa shape index (κ1) is 16.1. The van der Waals surface area contributed by atoms with E-state index in [1.807, 2.05) is 35.2 Å². The molecule has 0 aliphatic carbocycles. The lowest BCUT2D eigenvalue weighted by Gasteiger charge is -2.26. The number of benzene rings is 2. The highest BCUT2D eigenvalue weighted by atomic mass is 16.6. The van der Waals surface area contributed by atoms with Gasteiger partial charge in [-0.15, -0.1) is 0 Å². The molecule has 2 atom stereocenters. The molecule has 1 fully saturated rings. The molecule has 2 aromatic carbocycles. The maximum Gasteiger partial charge on any atom is 0.293 e. The van der Waals surface area contributed by atoms with Crippen LogP contribution in [0.25, 0.3) is 0 Å². The van der Waals surface area contributed by atoms with Crippen LogP contribution in [0.1, 0.15) is 35.3 Å². The maximum atomic E-state index is 11.5. The van der Waals surface area contributed by atoms with E-state index in [2.05, 4.69) is 0 Å². The number of β-amino-alcohol motifs (C(OH)–C–C–N with tert-alkyl or cyclic N) is 1. The van der Waals surface area contributed by atoms with E-state index in [-0.39, 0.29) is 17.5 Å². The normalized spacial score (nSPS) is 20.2. The Morgan fingerprint density at radius 3 is 2.58 bits per heavy atom. The summed E-state index contributed by atoms with van der Waals surface area (Å²) in [6, 6.07) is 14.0. The molecule has 6 heteroatoms. The molecule has 0 amide bonds. The van der Waals surface area contributed by atoms with Crippen molar-refractivity contribution in [3.8, 4) is 0 Å². The molecule has 6 nitrogen and oxygen atoms in total. The van der Waals surface area contributed by atoms with E-state index in [9.17, 15) is 20.0 Å². The summed E-state index contributed by atoms with van der Waals surface area (Å²) >= 11 is 0. The molecular formula is C18H18N2O4. The lowest BCUT2D eigenvalue weighted by molar-refractivity contribution is -0.384. The first-order valence-corrected chi connectivity index (χ1v) is 7.76. The van der Waals surface area contributed by atoms with Gasteiger partial charge in [0.05, 0.1) is 17.1 Å². The third kappa shape index (κ3) is 3.00. The molecule has 1 aliphatic heterocycles. The summed E-state index contributed by atoms with van der Waals surface area (Å²) < 4.78 is 0. The van der Waals surface area contributed by atoms with Crippen LogP contribution >= 0.6 is 0 Å². The van der Waals surface area contributed by atoms with Gasteiger partial charge in [0.15, 0.2) is 5.78 Å². The van der Waals surface area contributed by atoms with E-state index in [1.54, 1.807) is 12.1 Å². The predicted octanol–water partition coefficient (Wildman–Crippen LogP) is 3.11. The smallest absolute Gasteiger partial charge is 0.293 e. The fourth-order valence-electron chi connectivity index (χ4n) is 3.20. The topological polar surface area (TPSA) is 83.7 Å². The van der Waals surface area contributed by atoms with Crippen LogP contribution in [0, 0.1) is 10.1 Å². The molecule has 124 valence electrons. The number of nitro benzene ring substituents is 1. The zero-order valence-corrected chi connectivity index (χ0v) is 13.3. The molecule has 2 aromatic rings. The van der Waals surface area contributed by atoms with Crippen LogP contribution in [0.3, 0.4) is 0 Å². The van der Waals surface area contributed by atoms with Crippen molar-refractivity contribution in [2.24, 2.45) is 0 Å². The van der Waals surface area contributed by atoms with Gasteiger partial charge < -0.3 is 10.0 Å². The number of aliphatic hydroxyl groups is 1. The van der Waals surface area contributed by atoms with Crippen molar-refractivity contribution in [3.63, 3.8) is 0 Å². The third-order valence-electron chi connectivity index (χ3n) is 4.35. The molecule has 0 bridgehead atoms. The molecule has 0 saturated carbocycles. The minimum Gasteiger partial charge on any atom is -0.391 e. The van der Waals surface area contributed by atoms with Crippen LogP contribution in [-0.4, -0.2) is 28.5 Å². The molecular weight excluding hydrogens is 308 g/mol. The summed E-state index contributed by atoms with van der Waals surface area (Å²) in [6.45, 7) is 1.70. The average molecular weight is 326 g/mol. The van der Waals surface area contributed by atoms with Gasteiger partial charge in [0.2, 0.25) is 0 Å². The van der Waals surface area contributed by atoms with Crippen LogP contribution in [0.15, 0.2) is 48.5 Å². The molecule has 0 radical (unpaired) electrons. The monoisotopic (exact) mass is 326 g/mol. The quantitative estimate of drug-likeness (QED) is 0.530. The van der Waals surface area contributed by atoms with Crippen LogP contribution in [0.5, 0.6) is 0 Å². The van der Waals surface area contributed by atoms with Crippen molar-refractivity contribution in [2.75, 3.05) is 11.4 Å². The van der Waals surface area contributed by atoms with Crippen molar-refractivity contribution < 1.29 is 14.8 Å². The summed E-state index contributed by atoms with van der Waals surface area (Å²) in [4.78, 5) is 24.4. The Bertz CT molecular complexity index is 776. The molecule has 1 heterocycles. The number of anilines is 1. The highest BCUT2D eigenvalue weighted by Gasteiger charge is 2.35. The number of nitro groups is 1. The summed E-state index contributed by atoms with van der Waals surface area (Å²) in [5.74, 6) is -0.217. The summed E-state index contributed by atoms with van der Waals surface area (Å²) in [5, 5.41) is 21.6. The number of hydrogen-bond acceptors (Lipinski definition) is 5. The molecule has 3 rings (SSSR count).